The van der Waals surface area contributed by atoms with Crippen molar-refractivity contribution in [1.29, 1.82) is 0 Å². The zero-order valence-electron chi connectivity index (χ0n) is 15.1. The molecule has 4 saturated carbocycles. The van der Waals surface area contributed by atoms with Gasteiger partial charge >= 0.3 is 0 Å². The Hall–Kier alpha value is -0.160. The number of rotatable bonds is 1. The number of hydrogen-bond acceptors (Lipinski definition) is 4. The molecule has 0 aliphatic heterocycles. The van der Waals surface area contributed by atoms with Gasteiger partial charge < -0.3 is 20.4 Å². The van der Waals surface area contributed by atoms with Gasteiger partial charge in [-0.05, 0) is 85.4 Å². The average molecular weight is 338 g/mol. The molecule has 10 atom stereocenters. The number of aliphatic hydroxyl groups is 4. The van der Waals surface area contributed by atoms with Crippen molar-refractivity contribution in [3.05, 3.63) is 0 Å². The van der Waals surface area contributed by atoms with Gasteiger partial charge in [-0.2, -0.15) is 0 Å². The summed E-state index contributed by atoms with van der Waals surface area (Å²) in [6, 6.07) is 0. The topological polar surface area (TPSA) is 80.9 Å². The van der Waals surface area contributed by atoms with Gasteiger partial charge in [-0.15, -0.1) is 0 Å². The Balaban J connectivity index is 1.70. The summed E-state index contributed by atoms with van der Waals surface area (Å²) in [5.74, 6) is 1.71. The van der Waals surface area contributed by atoms with Gasteiger partial charge in [-0.25, -0.2) is 0 Å². The first-order valence-electron chi connectivity index (χ1n) is 9.98. The molecule has 0 bridgehead atoms. The Morgan fingerprint density at radius 3 is 2.25 bits per heavy atom. The summed E-state index contributed by atoms with van der Waals surface area (Å²) >= 11 is 0. The van der Waals surface area contributed by atoms with E-state index in [-0.39, 0.29) is 35.4 Å². The SMILES string of the molecule is C[C@]12CC[C@H](O)C(O)[C@@H]1C(CO)C[C@@H]1[C@@H]2CC[C@]2(C)[C@@H](O)CC[C@@H]12. The molecular weight excluding hydrogens is 304 g/mol. The van der Waals surface area contributed by atoms with Crippen LogP contribution in [-0.4, -0.2) is 45.3 Å². The Labute approximate surface area is 145 Å². The number of fused-ring (bicyclic) bond motifs is 5. The Morgan fingerprint density at radius 2 is 1.54 bits per heavy atom. The van der Waals surface area contributed by atoms with Crippen LogP contribution in [0.25, 0.3) is 0 Å². The van der Waals surface area contributed by atoms with E-state index in [4.69, 9.17) is 0 Å². The summed E-state index contributed by atoms with van der Waals surface area (Å²) in [7, 11) is 0. The van der Waals surface area contributed by atoms with E-state index in [1.807, 2.05) is 0 Å². The van der Waals surface area contributed by atoms with Crippen molar-refractivity contribution >= 4 is 0 Å². The Kier molecular flexibility index (Phi) is 4.08. The summed E-state index contributed by atoms with van der Waals surface area (Å²) in [5, 5.41) is 41.5. The molecule has 0 aromatic heterocycles. The van der Waals surface area contributed by atoms with Crippen LogP contribution in [0.15, 0.2) is 0 Å². The van der Waals surface area contributed by atoms with E-state index in [1.165, 1.54) is 0 Å². The number of hydrogen-bond donors (Lipinski definition) is 4. The van der Waals surface area contributed by atoms with E-state index in [0.717, 1.165) is 38.5 Å². The van der Waals surface area contributed by atoms with Crippen LogP contribution in [0, 0.1) is 40.4 Å². The minimum Gasteiger partial charge on any atom is -0.396 e. The van der Waals surface area contributed by atoms with Crippen LogP contribution in [0.1, 0.15) is 58.8 Å². The molecule has 4 N–H and O–H groups in total. The van der Waals surface area contributed by atoms with Gasteiger partial charge in [0.1, 0.15) is 0 Å². The predicted molar refractivity (Wildman–Crippen MR) is 91.1 cm³/mol. The Morgan fingerprint density at radius 1 is 0.875 bits per heavy atom. The van der Waals surface area contributed by atoms with Crippen LogP contribution in [0.5, 0.6) is 0 Å². The fourth-order valence-electron chi connectivity index (χ4n) is 7.77. The van der Waals surface area contributed by atoms with E-state index in [1.54, 1.807) is 0 Å². The lowest BCUT2D eigenvalue weighted by Gasteiger charge is -2.63. The molecule has 4 aliphatic rings. The van der Waals surface area contributed by atoms with Gasteiger partial charge in [0.25, 0.3) is 0 Å². The van der Waals surface area contributed by atoms with Gasteiger partial charge in [0.15, 0.2) is 0 Å². The van der Waals surface area contributed by atoms with Gasteiger partial charge in [0, 0.05) is 6.61 Å². The van der Waals surface area contributed by atoms with Crippen LogP contribution >= 0.6 is 0 Å². The molecule has 0 saturated heterocycles. The first-order chi connectivity index (χ1) is 11.3. The summed E-state index contributed by atoms with van der Waals surface area (Å²) < 4.78 is 0. The molecule has 4 aliphatic carbocycles. The molecule has 4 fully saturated rings. The lowest BCUT2D eigenvalue weighted by molar-refractivity contribution is -0.202. The van der Waals surface area contributed by atoms with Crippen molar-refractivity contribution in [1.82, 2.24) is 0 Å². The summed E-state index contributed by atoms with van der Waals surface area (Å²) in [5.41, 5.74) is 0.0427. The maximum Gasteiger partial charge on any atom is 0.0835 e. The molecule has 0 spiro atoms. The normalized spacial score (nSPS) is 60.2. The molecule has 0 radical (unpaired) electrons. The van der Waals surface area contributed by atoms with Crippen LogP contribution in [0.2, 0.25) is 0 Å². The van der Waals surface area contributed by atoms with Gasteiger partial charge in [0.2, 0.25) is 0 Å². The lowest BCUT2D eigenvalue weighted by atomic mass is 9.42. The van der Waals surface area contributed by atoms with Crippen molar-refractivity contribution in [2.45, 2.75) is 77.1 Å². The van der Waals surface area contributed by atoms with Crippen LogP contribution in [0.4, 0.5) is 0 Å². The second-order valence-corrected chi connectivity index (χ2v) is 9.82. The van der Waals surface area contributed by atoms with Gasteiger partial charge in [-0.3, -0.25) is 0 Å². The van der Waals surface area contributed by atoms with Crippen LogP contribution < -0.4 is 0 Å². The fraction of sp³-hybridized carbons (Fsp3) is 1.00. The zero-order valence-corrected chi connectivity index (χ0v) is 15.1. The molecule has 138 valence electrons. The predicted octanol–water partition coefficient (Wildman–Crippen LogP) is 1.94. The van der Waals surface area contributed by atoms with Gasteiger partial charge in [0.05, 0.1) is 18.3 Å². The highest BCUT2D eigenvalue weighted by molar-refractivity contribution is 5.12. The monoisotopic (exact) mass is 338 g/mol. The average Bonchev–Trinajstić information content (AvgIpc) is 2.86. The summed E-state index contributed by atoms with van der Waals surface area (Å²) in [4.78, 5) is 0. The fourth-order valence-corrected chi connectivity index (χ4v) is 7.77. The van der Waals surface area contributed by atoms with E-state index in [0.29, 0.717) is 24.2 Å². The molecule has 2 unspecified atom stereocenters. The maximum absolute atomic E-state index is 10.7. The molecule has 0 heterocycles. The first-order valence-corrected chi connectivity index (χ1v) is 9.98. The lowest BCUT2D eigenvalue weighted by Crippen LogP contribution is -2.61. The molecular formula is C20H34O4. The van der Waals surface area contributed by atoms with Crippen LogP contribution in [0.3, 0.4) is 0 Å². The first kappa shape index (κ1) is 17.3. The molecule has 0 aromatic carbocycles. The van der Waals surface area contributed by atoms with Crippen molar-refractivity contribution in [2.75, 3.05) is 6.61 Å². The molecule has 4 nitrogen and oxygen atoms in total. The molecule has 0 amide bonds. The van der Waals surface area contributed by atoms with E-state index >= 15 is 0 Å². The van der Waals surface area contributed by atoms with Crippen molar-refractivity contribution in [3.63, 3.8) is 0 Å². The third-order valence-electron chi connectivity index (χ3n) is 9.05. The van der Waals surface area contributed by atoms with E-state index in [9.17, 15) is 20.4 Å². The zero-order chi connectivity index (χ0) is 17.3. The molecule has 0 aromatic rings. The third-order valence-corrected chi connectivity index (χ3v) is 9.05. The highest BCUT2D eigenvalue weighted by Gasteiger charge is 2.63. The largest absolute Gasteiger partial charge is 0.396 e. The molecule has 24 heavy (non-hydrogen) atoms. The second-order valence-electron chi connectivity index (χ2n) is 9.82. The van der Waals surface area contributed by atoms with Crippen molar-refractivity contribution < 1.29 is 20.4 Å². The van der Waals surface area contributed by atoms with Crippen molar-refractivity contribution in [2.24, 2.45) is 40.4 Å². The third kappa shape index (κ3) is 2.12. The quantitative estimate of drug-likeness (QED) is 0.589. The molecule has 4 heteroatoms. The smallest absolute Gasteiger partial charge is 0.0835 e. The Bertz CT molecular complexity index is 496. The summed E-state index contributed by atoms with van der Waals surface area (Å²) in [6.45, 7) is 4.67. The minimum absolute atomic E-state index is 0.00295. The van der Waals surface area contributed by atoms with Crippen LogP contribution in [-0.2, 0) is 0 Å². The standard InChI is InChI=1S/C20H34O4/c1-19-7-5-14-12(13(19)3-4-16(19)23)9-11(10-21)17-18(24)15(22)6-8-20(14,17)2/h11-18,21-24H,3-10H2,1-2H3/t11?,12-,13-,14-,15-,16-,17-,18?,19-,20+/m0/s1. The van der Waals surface area contributed by atoms with Gasteiger partial charge in [-0.1, -0.05) is 13.8 Å². The number of aliphatic hydroxyl groups excluding tert-OH is 4. The highest BCUT2D eigenvalue weighted by Crippen LogP contribution is 2.67. The van der Waals surface area contributed by atoms with E-state index < -0.39 is 12.2 Å². The second kappa shape index (κ2) is 5.67. The van der Waals surface area contributed by atoms with Crippen molar-refractivity contribution in [3.8, 4) is 0 Å². The highest BCUT2D eigenvalue weighted by atomic mass is 16.3. The minimum atomic E-state index is -0.704. The molecule has 4 rings (SSSR count). The maximum atomic E-state index is 10.7. The van der Waals surface area contributed by atoms with E-state index in [2.05, 4.69) is 13.8 Å². The summed E-state index contributed by atoms with van der Waals surface area (Å²) in [6.07, 6.45) is 5.23.